The lowest BCUT2D eigenvalue weighted by Crippen LogP contribution is -2.34. The number of benzene rings is 1. The summed E-state index contributed by atoms with van der Waals surface area (Å²) in [6.07, 6.45) is 6.40. The van der Waals surface area contributed by atoms with Crippen LogP contribution in [0.3, 0.4) is 0 Å². The van der Waals surface area contributed by atoms with Crippen molar-refractivity contribution in [3.05, 3.63) is 59.2 Å². The number of rotatable bonds is 6. The maximum atomic E-state index is 9.14. The molecule has 1 atom stereocenters. The van der Waals surface area contributed by atoms with Gasteiger partial charge in [-0.1, -0.05) is 29.8 Å². The fourth-order valence-corrected chi connectivity index (χ4v) is 4.18. The number of nitrogens with zero attached hydrogens (tertiary/aromatic N) is 4. The molecule has 0 amide bonds. The molecule has 1 saturated heterocycles. The Kier molecular flexibility index (Phi) is 5.59. The van der Waals surface area contributed by atoms with Gasteiger partial charge in [0, 0.05) is 42.0 Å². The number of aryl methyl sites for hydroxylation is 2. The van der Waals surface area contributed by atoms with E-state index in [1.807, 2.05) is 10.9 Å². The summed E-state index contributed by atoms with van der Waals surface area (Å²) in [7, 11) is 0. The molecule has 3 aromatic rings. The summed E-state index contributed by atoms with van der Waals surface area (Å²) >= 11 is 0. The standard InChI is InChI=1S/C22H29N5O/c1-16-5-7-18(8-6-16)21-12-23-24-22(21)19-4-3-9-26(13-19)14-20-15-27(10-11-28)25-17(20)2/h5-8,12,15,19,28H,3-4,9-11,13-14H2,1-2H3,(H,23,24). The molecule has 2 aromatic heterocycles. The molecule has 1 aromatic carbocycles. The molecule has 6 nitrogen and oxygen atoms in total. The van der Waals surface area contributed by atoms with E-state index in [9.17, 15) is 0 Å². The molecule has 4 rings (SSSR count). The Balaban J connectivity index is 1.49. The van der Waals surface area contributed by atoms with Gasteiger partial charge in [0.15, 0.2) is 0 Å². The zero-order chi connectivity index (χ0) is 19.5. The van der Waals surface area contributed by atoms with Crippen LogP contribution in [0.4, 0.5) is 0 Å². The van der Waals surface area contributed by atoms with Crippen LogP contribution < -0.4 is 0 Å². The summed E-state index contributed by atoms with van der Waals surface area (Å²) in [5, 5.41) is 21.3. The molecule has 1 aliphatic rings. The van der Waals surface area contributed by atoms with Crippen molar-refractivity contribution in [1.82, 2.24) is 24.9 Å². The van der Waals surface area contributed by atoms with Gasteiger partial charge in [0.05, 0.1) is 25.0 Å². The molecule has 1 fully saturated rings. The topological polar surface area (TPSA) is 70.0 Å². The molecule has 0 radical (unpaired) electrons. The Bertz CT molecular complexity index is 911. The third kappa shape index (κ3) is 4.03. The van der Waals surface area contributed by atoms with Crippen LogP contribution in [-0.4, -0.2) is 49.7 Å². The first-order chi connectivity index (χ1) is 13.6. The lowest BCUT2D eigenvalue weighted by atomic mass is 9.90. The second kappa shape index (κ2) is 8.29. The van der Waals surface area contributed by atoms with E-state index in [1.54, 1.807) is 0 Å². The number of nitrogens with one attached hydrogen (secondary N) is 1. The number of aromatic nitrogens is 4. The van der Waals surface area contributed by atoms with E-state index in [2.05, 4.69) is 64.5 Å². The van der Waals surface area contributed by atoms with E-state index in [0.717, 1.165) is 25.3 Å². The number of aliphatic hydroxyl groups excluding tert-OH is 1. The van der Waals surface area contributed by atoms with Crippen LogP contribution in [0.25, 0.3) is 11.1 Å². The van der Waals surface area contributed by atoms with Crippen molar-refractivity contribution < 1.29 is 5.11 Å². The van der Waals surface area contributed by atoms with Crippen molar-refractivity contribution in [2.45, 2.75) is 45.7 Å². The Morgan fingerprint density at radius 1 is 1.21 bits per heavy atom. The maximum Gasteiger partial charge on any atom is 0.0641 e. The first-order valence-corrected chi connectivity index (χ1v) is 10.1. The normalized spacial score (nSPS) is 17.9. The Hall–Kier alpha value is -2.44. The summed E-state index contributed by atoms with van der Waals surface area (Å²) in [6.45, 7) is 7.87. The van der Waals surface area contributed by atoms with Gasteiger partial charge < -0.3 is 5.11 Å². The summed E-state index contributed by atoms with van der Waals surface area (Å²) in [5.74, 6) is 0.459. The van der Waals surface area contributed by atoms with Crippen LogP contribution in [0.5, 0.6) is 0 Å². The quantitative estimate of drug-likeness (QED) is 0.690. The van der Waals surface area contributed by atoms with Gasteiger partial charge in [-0.05, 0) is 38.8 Å². The van der Waals surface area contributed by atoms with Gasteiger partial charge in [0.25, 0.3) is 0 Å². The highest BCUT2D eigenvalue weighted by molar-refractivity contribution is 5.66. The minimum absolute atomic E-state index is 0.119. The molecule has 1 aliphatic heterocycles. The van der Waals surface area contributed by atoms with Crippen molar-refractivity contribution in [2.75, 3.05) is 19.7 Å². The van der Waals surface area contributed by atoms with Crippen molar-refractivity contribution in [3.63, 3.8) is 0 Å². The molecular formula is C22H29N5O. The van der Waals surface area contributed by atoms with Gasteiger partial charge in [0.2, 0.25) is 0 Å². The van der Waals surface area contributed by atoms with Crippen LogP contribution in [0.15, 0.2) is 36.7 Å². The minimum atomic E-state index is 0.119. The molecule has 3 heterocycles. The fraction of sp³-hybridized carbons (Fsp3) is 0.455. The van der Waals surface area contributed by atoms with E-state index < -0.39 is 0 Å². The lowest BCUT2D eigenvalue weighted by Gasteiger charge is -2.32. The van der Waals surface area contributed by atoms with Gasteiger partial charge in [-0.3, -0.25) is 14.7 Å². The molecule has 148 valence electrons. The summed E-state index contributed by atoms with van der Waals surface area (Å²) in [4.78, 5) is 2.52. The predicted molar refractivity (Wildman–Crippen MR) is 110 cm³/mol. The number of aliphatic hydroxyl groups is 1. The smallest absolute Gasteiger partial charge is 0.0641 e. The van der Waals surface area contributed by atoms with Crippen molar-refractivity contribution in [3.8, 4) is 11.1 Å². The second-order valence-electron chi connectivity index (χ2n) is 7.86. The predicted octanol–water partition coefficient (Wildman–Crippen LogP) is 3.26. The molecule has 1 unspecified atom stereocenters. The number of hydrogen-bond donors (Lipinski definition) is 2. The largest absolute Gasteiger partial charge is 0.394 e. The van der Waals surface area contributed by atoms with Gasteiger partial charge in [0.1, 0.15) is 0 Å². The lowest BCUT2D eigenvalue weighted by molar-refractivity contribution is 0.198. The monoisotopic (exact) mass is 379 g/mol. The van der Waals surface area contributed by atoms with Crippen LogP contribution in [0, 0.1) is 13.8 Å². The van der Waals surface area contributed by atoms with E-state index in [0.29, 0.717) is 12.5 Å². The highest BCUT2D eigenvalue weighted by atomic mass is 16.3. The molecule has 0 aliphatic carbocycles. The molecule has 0 bridgehead atoms. The highest BCUT2D eigenvalue weighted by Crippen LogP contribution is 2.33. The molecule has 0 spiro atoms. The fourth-order valence-electron chi connectivity index (χ4n) is 4.18. The average molecular weight is 380 g/mol. The number of H-pyrrole nitrogens is 1. The van der Waals surface area contributed by atoms with Crippen LogP contribution in [0.2, 0.25) is 0 Å². The van der Waals surface area contributed by atoms with Gasteiger partial charge >= 0.3 is 0 Å². The number of hydrogen-bond acceptors (Lipinski definition) is 4. The van der Waals surface area contributed by atoms with E-state index >= 15 is 0 Å². The number of piperidine rings is 1. The van der Waals surface area contributed by atoms with E-state index in [1.165, 1.54) is 40.8 Å². The third-order valence-corrected chi connectivity index (χ3v) is 5.72. The zero-order valence-electron chi connectivity index (χ0n) is 16.7. The molecule has 2 N–H and O–H groups in total. The molecule has 28 heavy (non-hydrogen) atoms. The van der Waals surface area contributed by atoms with Crippen LogP contribution in [-0.2, 0) is 13.1 Å². The first kappa shape index (κ1) is 18.9. The third-order valence-electron chi connectivity index (χ3n) is 5.72. The van der Waals surface area contributed by atoms with Crippen molar-refractivity contribution >= 4 is 0 Å². The zero-order valence-corrected chi connectivity index (χ0v) is 16.7. The van der Waals surface area contributed by atoms with Crippen molar-refractivity contribution in [1.29, 1.82) is 0 Å². The van der Waals surface area contributed by atoms with Gasteiger partial charge in [-0.15, -0.1) is 0 Å². The SMILES string of the molecule is Cc1ccc(-c2cn[nH]c2C2CCCN(Cc3cn(CCO)nc3C)C2)cc1. The summed E-state index contributed by atoms with van der Waals surface area (Å²) < 4.78 is 1.84. The molecule has 6 heteroatoms. The second-order valence-corrected chi connectivity index (χ2v) is 7.86. The Labute approximate surface area is 166 Å². The summed E-state index contributed by atoms with van der Waals surface area (Å²) in [5.41, 5.74) is 7.28. The summed E-state index contributed by atoms with van der Waals surface area (Å²) in [6, 6.07) is 8.69. The molecule has 0 saturated carbocycles. The Morgan fingerprint density at radius 2 is 2.04 bits per heavy atom. The highest BCUT2D eigenvalue weighted by Gasteiger charge is 2.25. The first-order valence-electron chi connectivity index (χ1n) is 10.1. The minimum Gasteiger partial charge on any atom is -0.394 e. The van der Waals surface area contributed by atoms with E-state index in [4.69, 9.17) is 5.11 Å². The van der Waals surface area contributed by atoms with Crippen LogP contribution in [0.1, 0.15) is 41.3 Å². The van der Waals surface area contributed by atoms with Crippen LogP contribution >= 0.6 is 0 Å². The molecular weight excluding hydrogens is 350 g/mol. The van der Waals surface area contributed by atoms with Gasteiger partial charge in [-0.25, -0.2) is 0 Å². The number of aromatic amines is 1. The maximum absolute atomic E-state index is 9.14. The van der Waals surface area contributed by atoms with E-state index in [-0.39, 0.29) is 6.61 Å². The Morgan fingerprint density at radius 3 is 2.82 bits per heavy atom. The number of likely N-dealkylation sites (tertiary alicyclic amines) is 1. The van der Waals surface area contributed by atoms with Gasteiger partial charge in [-0.2, -0.15) is 10.2 Å². The average Bonchev–Trinajstić information content (AvgIpc) is 3.30. The van der Waals surface area contributed by atoms with Crippen molar-refractivity contribution in [2.24, 2.45) is 0 Å².